The topological polar surface area (TPSA) is 47.6 Å². The highest BCUT2D eigenvalue weighted by atomic mass is 35.5. The molecule has 0 unspecified atom stereocenters. The Hall–Kier alpha value is -2.98. The van der Waals surface area contributed by atoms with Crippen LogP contribution in [0.5, 0.6) is 11.5 Å². The molecular formula is C25H26ClNO3. The molecule has 0 aliphatic heterocycles. The lowest BCUT2D eigenvalue weighted by molar-refractivity contribution is 0.0953. The molecule has 0 heterocycles. The van der Waals surface area contributed by atoms with Crippen molar-refractivity contribution in [2.45, 2.75) is 26.4 Å². The summed E-state index contributed by atoms with van der Waals surface area (Å²) in [4.78, 5) is 12.4. The maximum Gasteiger partial charge on any atom is 0.251 e. The van der Waals surface area contributed by atoms with E-state index in [1.165, 1.54) is 0 Å². The molecule has 3 aromatic carbocycles. The van der Waals surface area contributed by atoms with Crippen LogP contribution in [0.4, 0.5) is 0 Å². The van der Waals surface area contributed by atoms with Crippen molar-refractivity contribution in [2.75, 3.05) is 13.2 Å². The molecular weight excluding hydrogens is 398 g/mol. The fourth-order valence-electron chi connectivity index (χ4n) is 3.07. The van der Waals surface area contributed by atoms with Gasteiger partial charge >= 0.3 is 0 Å². The van der Waals surface area contributed by atoms with Gasteiger partial charge in [-0.05, 0) is 61.7 Å². The normalized spacial score (nSPS) is 10.5. The number of carbonyl (C=O) groups excluding carboxylic acids is 1. The Balaban J connectivity index is 1.44. The monoisotopic (exact) mass is 423 g/mol. The fraction of sp³-hybridized carbons (Fsp3) is 0.240. The van der Waals surface area contributed by atoms with Crippen molar-refractivity contribution in [1.29, 1.82) is 0 Å². The molecule has 1 amide bonds. The first-order chi connectivity index (χ1) is 14.7. The van der Waals surface area contributed by atoms with Gasteiger partial charge in [-0.2, -0.15) is 0 Å². The summed E-state index contributed by atoms with van der Waals surface area (Å²) in [6, 6.07) is 22.7. The molecule has 0 aromatic heterocycles. The van der Waals surface area contributed by atoms with E-state index in [9.17, 15) is 4.79 Å². The van der Waals surface area contributed by atoms with E-state index < -0.39 is 0 Å². The van der Waals surface area contributed by atoms with Crippen LogP contribution in [0.2, 0.25) is 5.02 Å². The first-order valence-electron chi connectivity index (χ1n) is 10.1. The molecule has 0 saturated heterocycles. The summed E-state index contributed by atoms with van der Waals surface area (Å²) in [6.45, 7) is 3.61. The number of halogens is 1. The summed E-state index contributed by atoms with van der Waals surface area (Å²) in [5.41, 5.74) is 2.69. The zero-order valence-electron chi connectivity index (χ0n) is 17.1. The van der Waals surface area contributed by atoms with Gasteiger partial charge in [0.25, 0.3) is 5.91 Å². The predicted molar refractivity (Wildman–Crippen MR) is 120 cm³/mol. The van der Waals surface area contributed by atoms with Crippen LogP contribution in [0.1, 0.15) is 34.8 Å². The Kier molecular flexibility index (Phi) is 8.16. The number of hydrogen-bond donors (Lipinski definition) is 1. The zero-order valence-corrected chi connectivity index (χ0v) is 17.8. The number of carbonyl (C=O) groups is 1. The standard InChI is InChI=1S/C25H26ClNO3/c1-2-29-24-12-6-4-8-19(24)10-7-17-27-25(28)20-13-15-22(16-14-20)30-18-21-9-3-5-11-23(21)26/h3-6,8-9,11-16H,2,7,10,17-18H2,1H3,(H,27,28). The van der Waals surface area contributed by atoms with Crippen molar-refractivity contribution in [3.63, 3.8) is 0 Å². The van der Waals surface area contributed by atoms with E-state index >= 15 is 0 Å². The lowest BCUT2D eigenvalue weighted by atomic mass is 10.1. The zero-order chi connectivity index (χ0) is 21.2. The Labute approximate surface area is 182 Å². The van der Waals surface area contributed by atoms with E-state index in [0.29, 0.717) is 36.1 Å². The minimum atomic E-state index is -0.0919. The number of benzene rings is 3. The smallest absolute Gasteiger partial charge is 0.251 e. The van der Waals surface area contributed by atoms with Gasteiger partial charge in [-0.25, -0.2) is 0 Å². The molecule has 0 fully saturated rings. The molecule has 156 valence electrons. The maximum absolute atomic E-state index is 12.4. The van der Waals surface area contributed by atoms with Crippen molar-refractivity contribution < 1.29 is 14.3 Å². The van der Waals surface area contributed by atoms with Crippen LogP contribution in [-0.2, 0) is 13.0 Å². The van der Waals surface area contributed by atoms with E-state index in [1.54, 1.807) is 24.3 Å². The van der Waals surface area contributed by atoms with Crippen LogP contribution >= 0.6 is 11.6 Å². The Bertz CT molecular complexity index is 957. The molecule has 0 bridgehead atoms. The van der Waals surface area contributed by atoms with Crippen LogP contribution in [0.3, 0.4) is 0 Å². The molecule has 30 heavy (non-hydrogen) atoms. The highest BCUT2D eigenvalue weighted by molar-refractivity contribution is 6.31. The van der Waals surface area contributed by atoms with Crippen molar-refractivity contribution >= 4 is 17.5 Å². The predicted octanol–water partition coefficient (Wildman–Crippen LogP) is 5.68. The maximum atomic E-state index is 12.4. The molecule has 0 aliphatic carbocycles. The SMILES string of the molecule is CCOc1ccccc1CCCNC(=O)c1ccc(OCc2ccccc2Cl)cc1. The summed E-state index contributed by atoms with van der Waals surface area (Å²) in [6.07, 6.45) is 1.69. The molecule has 3 aromatic rings. The first-order valence-corrected chi connectivity index (χ1v) is 10.5. The summed E-state index contributed by atoms with van der Waals surface area (Å²) >= 11 is 6.14. The highest BCUT2D eigenvalue weighted by Crippen LogP contribution is 2.20. The van der Waals surface area contributed by atoms with E-state index in [2.05, 4.69) is 11.4 Å². The molecule has 1 N–H and O–H groups in total. The Morgan fingerprint density at radius 3 is 2.33 bits per heavy atom. The van der Waals surface area contributed by atoms with Crippen molar-refractivity contribution in [3.05, 3.63) is 94.5 Å². The van der Waals surface area contributed by atoms with Gasteiger partial charge < -0.3 is 14.8 Å². The Morgan fingerprint density at radius 1 is 0.900 bits per heavy atom. The molecule has 0 aliphatic rings. The largest absolute Gasteiger partial charge is 0.494 e. The fourth-order valence-corrected chi connectivity index (χ4v) is 3.26. The van der Waals surface area contributed by atoms with E-state index in [4.69, 9.17) is 21.1 Å². The minimum absolute atomic E-state index is 0.0919. The lowest BCUT2D eigenvalue weighted by Gasteiger charge is -2.11. The van der Waals surface area contributed by atoms with Crippen LogP contribution in [-0.4, -0.2) is 19.1 Å². The van der Waals surface area contributed by atoms with E-state index in [0.717, 1.165) is 29.7 Å². The van der Waals surface area contributed by atoms with Crippen LogP contribution in [0.15, 0.2) is 72.8 Å². The van der Waals surface area contributed by atoms with E-state index in [1.807, 2.05) is 49.4 Å². The number of hydrogen-bond acceptors (Lipinski definition) is 3. The van der Waals surface area contributed by atoms with Gasteiger partial charge in [0.1, 0.15) is 18.1 Å². The summed E-state index contributed by atoms with van der Waals surface area (Å²) in [7, 11) is 0. The highest BCUT2D eigenvalue weighted by Gasteiger charge is 2.07. The molecule has 4 nitrogen and oxygen atoms in total. The van der Waals surface area contributed by atoms with Crippen LogP contribution in [0.25, 0.3) is 0 Å². The van der Waals surface area contributed by atoms with Gasteiger partial charge in [0.05, 0.1) is 6.61 Å². The average Bonchev–Trinajstić information content (AvgIpc) is 2.77. The molecule has 0 spiro atoms. The lowest BCUT2D eigenvalue weighted by Crippen LogP contribution is -2.24. The summed E-state index contributed by atoms with van der Waals surface area (Å²) in [5, 5.41) is 3.65. The van der Waals surface area contributed by atoms with Gasteiger partial charge in [0.15, 0.2) is 0 Å². The molecule has 0 saturated carbocycles. The van der Waals surface area contributed by atoms with Gasteiger partial charge in [-0.1, -0.05) is 48.0 Å². The van der Waals surface area contributed by atoms with Crippen LogP contribution in [0, 0.1) is 0 Å². The Morgan fingerprint density at radius 2 is 1.60 bits per heavy atom. The summed E-state index contributed by atoms with van der Waals surface area (Å²) < 4.78 is 11.4. The van der Waals surface area contributed by atoms with Crippen molar-refractivity contribution in [2.24, 2.45) is 0 Å². The van der Waals surface area contributed by atoms with Crippen LogP contribution < -0.4 is 14.8 Å². The number of para-hydroxylation sites is 1. The molecule has 0 atom stereocenters. The first kappa shape index (κ1) is 21.7. The number of nitrogens with one attached hydrogen (secondary N) is 1. The number of amides is 1. The quantitative estimate of drug-likeness (QED) is 0.427. The third-order valence-corrected chi connectivity index (χ3v) is 5.02. The second-order valence-corrected chi connectivity index (χ2v) is 7.21. The molecule has 0 radical (unpaired) electrons. The third-order valence-electron chi connectivity index (χ3n) is 4.65. The molecule has 3 rings (SSSR count). The van der Waals surface area contributed by atoms with E-state index in [-0.39, 0.29) is 5.91 Å². The molecule has 5 heteroatoms. The third kappa shape index (κ3) is 6.26. The van der Waals surface area contributed by atoms with Gasteiger partial charge in [0.2, 0.25) is 0 Å². The van der Waals surface area contributed by atoms with Gasteiger partial charge in [-0.3, -0.25) is 4.79 Å². The minimum Gasteiger partial charge on any atom is -0.494 e. The van der Waals surface area contributed by atoms with Crippen molar-refractivity contribution in [1.82, 2.24) is 5.32 Å². The average molecular weight is 424 g/mol. The van der Waals surface area contributed by atoms with Gasteiger partial charge in [-0.15, -0.1) is 0 Å². The van der Waals surface area contributed by atoms with Gasteiger partial charge in [0, 0.05) is 22.7 Å². The summed E-state index contributed by atoms with van der Waals surface area (Å²) in [5.74, 6) is 1.52. The number of rotatable bonds is 10. The number of aryl methyl sites for hydroxylation is 1. The second-order valence-electron chi connectivity index (χ2n) is 6.80. The van der Waals surface area contributed by atoms with Crippen molar-refractivity contribution in [3.8, 4) is 11.5 Å². The number of ether oxygens (including phenoxy) is 2. The second kappa shape index (κ2) is 11.3.